The second-order valence-corrected chi connectivity index (χ2v) is 17.0. The van der Waals surface area contributed by atoms with Gasteiger partial charge in [0.25, 0.3) is 0 Å². The van der Waals surface area contributed by atoms with Crippen LogP contribution in [0.2, 0.25) is 0 Å². The van der Waals surface area contributed by atoms with Gasteiger partial charge in [0.15, 0.2) is 0 Å². The second-order valence-electron chi connectivity index (χ2n) is 15.9. The van der Waals surface area contributed by atoms with Crippen molar-refractivity contribution in [3.63, 3.8) is 0 Å². The van der Waals surface area contributed by atoms with E-state index in [4.69, 9.17) is 4.42 Å². The van der Waals surface area contributed by atoms with Gasteiger partial charge in [-0.25, -0.2) is 0 Å². The Morgan fingerprint density at radius 3 is 2.18 bits per heavy atom. The topological polar surface area (TPSA) is 16.4 Å². The molecular formula is C53H37NOS. The molecule has 0 saturated carbocycles. The molecule has 56 heavy (non-hydrogen) atoms. The molecule has 0 spiro atoms. The molecule has 0 radical (unpaired) electrons. The third-order valence-corrected chi connectivity index (χ3v) is 13.7. The zero-order valence-corrected chi connectivity index (χ0v) is 32.0. The second kappa shape index (κ2) is 11.8. The van der Waals surface area contributed by atoms with Crippen molar-refractivity contribution in [3.05, 3.63) is 179 Å². The fourth-order valence-electron chi connectivity index (χ4n) is 10.1. The number of hydrogen-bond acceptors (Lipinski definition) is 3. The van der Waals surface area contributed by atoms with Crippen LogP contribution >= 0.6 is 11.3 Å². The van der Waals surface area contributed by atoms with E-state index in [1.54, 1.807) is 0 Å². The summed E-state index contributed by atoms with van der Waals surface area (Å²) in [6.45, 7) is 4.78. The first-order valence-electron chi connectivity index (χ1n) is 19.6. The van der Waals surface area contributed by atoms with E-state index in [0.29, 0.717) is 0 Å². The molecule has 0 N–H and O–H groups in total. The summed E-state index contributed by atoms with van der Waals surface area (Å²) in [4.78, 5) is 2.53. The highest BCUT2D eigenvalue weighted by Gasteiger charge is 2.40. The fourth-order valence-corrected chi connectivity index (χ4v) is 11.3. The Hall–Kier alpha value is -6.42. The minimum atomic E-state index is -0.233. The third-order valence-electron chi connectivity index (χ3n) is 12.5. The van der Waals surface area contributed by atoms with Crippen molar-refractivity contribution >= 4 is 87.7 Å². The summed E-state index contributed by atoms with van der Waals surface area (Å²) < 4.78 is 9.84. The summed E-state index contributed by atoms with van der Waals surface area (Å²) in [6.07, 6.45) is 5.76. The molecule has 2 nitrogen and oxygen atoms in total. The Bertz CT molecular complexity index is 3380. The number of benzene rings is 8. The Balaban J connectivity index is 1.14. The van der Waals surface area contributed by atoms with Gasteiger partial charge >= 0.3 is 0 Å². The normalized spacial score (nSPS) is 15.5. The van der Waals surface area contributed by atoms with E-state index in [2.05, 4.69) is 189 Å². The Morgan fingerprint density at radius 1 is 0.589 bits per heavy atom. The summed E-state index contributed by atoms with van der Waals surface area (Å²) in [5.74, 6) is 0. The number of rotatable bonds is 4. The average molecular weight is 736 g/mol. The van der Waals surface area contributed by atoms with Crippen LogP contribution in [0.15, 0.2) is 162 Å². The number of fused-ring (bicyclic) bond motifs is 14. The van der Waals surface area contributed by atoms with Gasteiger partial charge in [-0.2, -0.15) is 0 Å². The zero-order chi connectivity index (χ0) is 37.1. The lowest BCUT2D eigenvalue weighted by molar-refractivity contribution is 0.657. The van der Waals surface area contributed by atoms with Crippen LogP contribution in [0.5, 0.6) is 0 Å². The maximum atomic E-state index is 7.21. The molecule has 1 atom stereocenters. The van der Waals surface area contributed by atoms with Gasteiger partial charge in [-0.1, -0.05) is 147 Å². The number of anilines is 2. The molecule has 2 aliphatic carbocycles. The quantitative estimate of drug-likeness (QED) is 0.179. The largest absolute Gasteiger partial charge is 0.455 e. The van der Waals surface area contributed by atoms with Crippen LogP contribution in [-0.4, -0.2) is 6.04 Å². The summed E-state index contributed by atoms with van der Waals surface area (Å²) >= 11 is 1.88. The first-order valence-corrected chi connectivity index (χ1v) is 20.4. The van der Waals surface area contributed by atoms with Crippen molar-refractivity contribution in [3.8, 4) is 22.3 Å². The van der Waals surface area contributed by atoms with E-state index in [1.807, 2.05) is 11.3 Å². The highest BCUT2D eigenvalue weighted by molar-refractivity contribution is 7.26. The fraction of sp³-hybridized carbons (Fsp3) is 0.0943. The Morgan fingerprint density at radius 2 is 1.30 bits per heavy atom. The molecule has 1 unspecified atom stereocenters. The van der Waals surface area contributed by atoms with Crippen molar-refractivity contribution in [2.75, 3.05) is 4.90 Å². The molecule has 10 aromatic rings. The summed E-state index contributed by atoms with van der Waals surface area (Å²) in [5, 5.41) is 10.1. The molecule has 0 amide bonds. The van der Waals surface area contributed by atoms with Gasteiger partial charge in [0.2, 0.25) is 0 Å². The number of thiophene rings is 1. The van der Waals surface area contributed by atoms with Gasteiger partial charge in [-0.05, 0) is 86.3 Å². The molecule has 0 saturated heterocycles. The standard InChI is InChI=1S/C53H37NOS/c1-53(2)44-29-28-36(54(34-16-4-3-5-17-34)35-27-26-32-14-6-7-15-33(32)30-35)31-43(44)49-50(53)40-20-9-8-19-38(40)48-47-39(21-13-24-45(47)55-51(48)49)42-23-12-22-41-37-18-10-11-25-46(37)56-52(41)42/h3-26,28-31,35H,27H2,1-2H3. The first kappa shape index (κ1) is 31.9. The zero-order valence-electron chi connectivity index (χ0n) is 31.2. The molecule has 2 heterocycles. The van der Waals surface area contributed by atoms with Crippen LogP contribution in [0, 0.1) is 0 Å². The molecule has 2 aliphatic rings. The minimum absolute atomic E-state index is 0.168. The molecule has 3 heteroatoms. The Labute approximate surface area is 328 Å². The Kier molecular flexibility index (Phi) is 6.71. The van der Waals surface area contributed by atoms with Crippen molar-refractivity contribution < 1.29 is 4.42 Å². The predicted molar refractivity (Wildman–Crippen MR) is 239 cm³/mol. The van der Waals surface area contributed by atoms with E-state index >= 15 is 0 Å². The van der Waals surface area contributed by atoms with Gasteiger partial charge in [0.05, 0.1) is 6.04 Å². The van der Waals surface area contributed by atoms with E-state index in [-0.39, 0.29) is 11.5 Å². The minimum Gasteiger partial charge on any atom is -0.455 e. The smallest absolute Gasteiger partial charge is 0.144 e. The summed E-state index contributed by atoms with van der Waals surface area (Å²) in [5.41, 5.74) is 11.7. The molecule has 2 aromatic heterocycles. The van der Waals surface area contributed by atoms with Crippen LogP contribution in [0.1, 0.15) is 31.4 Å². The van der Waals surface area contributed by atoms with Gasteiger partial charge in [-0.15, -0.1) is 11.3 Å². The summed E-state index contributed by atoms with van der Waals surface area (Å²) in [6, 6.07) is 58.2. The lowest BCUT2D eigenvalue weighted by atomic mass is 9.79. The molecule has 266 valence electrons. The molecule has 0 bridgehead atoms. The van der Waals surface area contributed by atoms with Crippen molar-refractivity contribution in [2.45, 2.75) is 31.7 Å². The predicted octanol–water partition coefficient (Wildman–Crippen LogP) is 13.3. The van der Waals surface area contributed by atoms with Crippen LogP contribution in [0.3, 0.4) is 0 Å². The molecule has 8 aromatic carbocycles. The monoisotopic (exact) mass is 735 g/mol. The maximum Gasteiger partial charge on any atom is 0.144 e. The van der Waals surface area contributed by atoms with Crippen LogP contribution in [0.4, 0.5) is 11.4 Å². The van der Waals surface area contributed by atoms with Crippen LogP contribution in [-0.2, 0) is 5.41 Å². The van der Waals surface area contributed by atoms with Gasteiger partial charge in [0, 0.05) is 58.9 Å². The molecular weight excluding hydrogens is 699 g/mol. The van der Waals surface area contributed by atoms with Crippen LogP contribution in [0.25, 0.3) is 87.3 Å². The SMILES string of the molecule is CC1(C)c2ccc(N(c3ccccc3)C3C=c4ccccc4=CC3)cc2-c2c1c1ccccc1c1c2oc2cccc(-c3cccc4c3sc3ccccc34)c21. The lowest BCUT2D eigenvalue weighted by Gasteiger charge is -2.33. The highest BCUT2D eigenvalue weighted by Crippen LogP contribution is 2.57. The van der Waals surface area contributed by atoms with Gasteiger partial charge in [0.1, 0.15) is 11.2 Å². The molecule has 0 aliphatic heterocycles. The first-order chi connectivity index (χ1) is 27.5. The lowest BCUT2D eigenvalue weighted by Crippen LogP contribution is -2.37. The number of hydrogen-bond donors (Lipinski definition) is 0. The number of furan rings is 1. The van der Waals surface area contributed by atoms with E-state index in [0.717, 1.165) is 17.6 Å². The number of nitrogens with zero attached hydrogens (tertiary/aromatic N) is 1. The van der Waals surface area contributed by atoms with E-state index in [1.165, 1.54) is 96.9 Å². The molecule has 0 fully saturated rings. The maximum absolute atomic E-state index is 7.21. The third kappa shape index (κ3) is 4.43. The van der Waals surface area contributed by atoms with E-state index in [9.17, 15) is 0 Å². The van der Waals surface area contributed by atoms with Crippen molar-refractivity contribution in [1.29, 1.82) is 0 Å². The number of para-hydroxylation sites is 1. The van der Waals surface area contributed by atoms with E-state index < -0.39 is 0 Å². The van der Waals surface area contributed by atoms with Gasteiger partial charge < -0.3 is 9.32 Å². The van der Waals surface area contributed by atoms with Crippen molar-refractivity contribution in [1.82, 2.24) is 0 Å². The summed E-state index contributed by atoms with van der Waals surface area (Å²) in [7, 11) is 0. The van der Waals surface area contributed by atoms with Crippen LogP contribution < -0.4 is 15.3 Å². The average Bonchev–Trinajstić information content (AvgIpc) is 3.89. The molecule has 12 rings (SSSR count). The highest BCUT2D eigenvalue weighted by atomic mass is 32.1. The van der Waals surface area contributed by atoms with Gasteiger partial charge in [-0.3, -0.25) is 0 Å². The van der Waals surface area contributed by atoms with Crippen molar-refractivity contribution in [2.24, 2.45) is 0 Å².